The summed E-state index contributed by atoms with van der Waals surface area (Å²) in [5, 5.41) is 5.02. The summed E-state index contributed by atoms with van der Waals surface area (Å²) in [4.78, 5) is 2.26. The first-order chi connectivity index (χ1) is 24.9. The lowest BCUT2D eigenvalue weighted by atomic mass is 9.98. The molecule has 51 heavy (non-hydrogen) atoms. The topological polar surface area (TPSA) is 3.24 Å². The van der Waals surface area contributed by atoms with Crippen LogP contribution in [0, 0.1) is 0 Å². The third-order valence-electron chi connectivity index (χ3n) is 10.2. The van der Waals surface area contributed by atoms with E-state index in [9.17, 15) is 0 Å². The van der Waals surface area contributed by atoms with Gasteiger partial charge in [-0.05, 0) is 92.6 Å². The molecule has 0 spiro atoms. The number of nitrogens with zero attached hydrogens (tertiary/aromatic N) is 1. The van der Waals surface area contributed by atoms with E-state index in [1.165, 1.54) is 69.6 Å². The Bertz CT molecular complexity index is 2670. The summed E-state index contributed by atoms with van der Waals surface area (Å²) in [6.07, 6.45) is 4.17. The van der Waals surface area contributed by atoms with E-state index in [2.05, 4.69) is 190 Å². The molecule has 0 saturated carbocycles. The van der Waals surface area contributed by atoms with Gasteiger partial charge in [0.1, 0.15) is 0 Å². The molecule has 2 heteroatoms. The van der Waals surface area contributed by atoms with Crippen LogP contribution in [-0.4, -0.2) is 6.54 Å². The van der Waals surface area contributed by atoms with E-state index in [0.29, 0.717) is 6.54 Å². The third-order valence-corrected chi connectivity index (χ3v) is 11.5. The number of anilines is 1. The number of benzene rings is 6. The maximum atomic E-state index is 4.49. The first-order valence-electron chi connectivity index (χ1n) is 17.4. The van der Waals surface area contributed by atoms with Crippen molar-refractivity contribution in [2.24, 2.45) is 0 Å². The number of thiophene rings is 1. The first-order valence-corrected chi connectivity index (χ1v) is 18.2. The molecule has 0 atom stereocenters. The molecule has 0 aliphatic carbocycles. The Balaban J connectivity index is 1.10. The summed E-state index contributed by atoms with van der Waals surface area (Å²) in [6, 6.07) is 50.0. The van der Waals surface area contributed by atoms with Crippen LogP contribution in [0.1, 0.15) is 25.0 Å². The summed E-state index contributed by atoms with van der Waals surface area (Å²) >= 11 is 1.89. The van der Waals surface area contributed by atoms with Gasteiger partial charge in [-0.3, -0.25) is 0 Å². The maximum Gasteiger partial charge on any atom is 0.0491 e. The van der Waals surface area contributed by atoms with E-state index >= 15 is 0 Å². The van der Waals surface area contributed by atoms with E-state index in [1.54, 1.807) is 0 Å². The average molecular weight is 674 g/mol. The van der Waals surface area contributed by atoms with Gasteiger partial charge in [0.05, 0.1) is 0 Å². The zero-order valence-electron chi connectivity index (χ0n) is 29.1. The highest BCUT2D eigenvalue weighted by Gasteiger charge is 2.24. The van der Waals surface area contributed by atoms with E-state index in [1.807, 2.05) is 11.3 Å². The van der Waals surface area contributed by atoms with Crippen LogP contribution < -0.4 is 15.3 Å². The predicted octanol–water partition coefficient (Wildman–Crippen LogP) is 11.9. The summed E-state index contributed by atoms with van der Waals surface area (Å²) in [5.74, 6) is 0. The monoisotopic (exact) mass is 673 g/mol. The van der Waals surface area contributed by atoms with Crippen LogP contribution in [0.3, 0.4) is 0 Å². The Morgan fingerprint density at radius 3 is 1.90 bits per heavy atom. The van der Waals surface area contributed by atoms with Gasteiger partial charge in [0, 0.05) is 43.7 Å². The van der Waals surface area contributed by atoms with E-state index in [-0.39, 0.29) is 0 Å². The van der Waals surface area contributed by atoms with Crippen molar-refractivity contribution in [3.05, 3.63) is 204 Å². The second-order valence-corrected chi connectivity index (χ2v) is 14.3. The molecule has 0 amide bonds. The smallest absolute Gasteiger partial charge is 0.0491 e. The van der Waals surface area contributed by atoms with Gasteiger partial charge < -0.3 is 4.90 Å². The summed E-state index contributed by atoms with van der Waals surface area (Å²) < 4.78 is 2.64. The van der Waals surface area contributed by atoms with Gasteiger partial charge >= 0.3 is 0 Å². The molecular formula is C49H39NS. The molecule has 0 fully saturated rings. The molecule has 1 aliphatic rings. The highest BCUT2D eigenvalue weighted by atomic mass is 32.1. The van der Waals surface area contributed by atoms with Crippen molar-refractivity contribution >= 4 is 53.9 Å². The van der Waals surface area contributed by atoms with Crippen molar-refractivity contribution in [1.82, 2.24) is 0 Å². The summed E-state index contributed by atoms with van der Waals surface area (Å²) in [7, 11) is 0. The summed E-state index contributed by atoms with van der Waals surface area (Å²) in [5.41, 5.74) is 13.9. The number of allylic oxidation sites excluding steroid dienone is 3. The van der Waals surface area contributed by atoms with Crippen LogP contribution >= 0.6 is 11.3 Å². The standard InChI is InChI=1S/C49H39NS/c1-32(35(4)40-20-12-13-21-41(40)36(5)37-16-8-6-9-17-37)26-27-34(3)50-31-33(2)46-30-39(28-29-47(46)50)43-23-15-25-45-44-24-14-22-42(48(44)51-49(43)45)38-18-10-7-11-19-38/h6-30H,1-3,31H2,4-5H3. The Morgan fingerprint density at radius 1 is 0.608 bits per heavy atom. The van der Waals surface area contributed by atoms with Gasteiger partial charge in [-0.1, -0.05) is 153 Å². The molecule has 0 N–H and O–H groups in total. The zero-order valence-corrected chi connectivity index (χ0v) is 29.9. The van der Waals surface area contributed by atoms with Crippen molar-refractivity contribution in [2.75, 3.05) is 11.4 Å². The van der Waals surface area contributed by atoms with Crippen molar-refractivity contribution in [2.45, 2.75) is 13.8 Å². The second-order valence-electron chi connectivity index (χ2n) is 13.3. The SMILES string of the molecule is C=C(C=CC(=C)N1CC(=C)c2cc(-c3cccc4c3sc3c(-c5ccccc5)cccc34)ccc21)C(C)=c1ccccc1=C(C)c1ccccc1. The number of rotatable bonds is 7. The van der Waals surface area contributed by atoms with E-state index in [4.69, 9.17) is 0 Å². The van der Waals surface area contributed by atoms with Gasteiger partial charge in [0.2, 0.25) is 0 Å². The molecule has 7 aromatic rings. The molecule has 0 unspecified atom stereocenters. The zero-order chi connectivity index (χ0) is 35.1. The van der Waals surface area contributed by atoms with Gasteiger partial charge in [-0.25, -0.2) is 0 Å². The van der Waals surface area contributed by atoms with E-state index in [0.717, 1.165) is 28.1 Å². The van der Waals surface area contributed by atoms with E-state index < -0.39 is 0 Å². The molecule has 8 rings (SSSR count). The third kappa shape index (κ3) is 5.88. The van der Waals surface area contributed by atoms with Crippen molar-refractivity contribution in [3.8, 4) is 22.3 Å². The first kappa shape index (κ1) is 32.3. The molecule has 0 radical (unpaired) electrons. The van der Waals surface area contributed by atoms with Crippen molar-refractivity contribution in [1.29, 1.82) is 0 Å². The van der Waals surface area contributed by atoms with Crippen LogP contribution in [0.5, 0.6) is 0 Å². The molecule has 246 valence electrons. The van der Waals surface area contributed by atoms with Crippen LogP contribution in [0.25, 0.3) is 59.1 Å². The minimum absolute atomic E-state index is 0.707. The normalized spacial score (nSPS) is 13.9. The molecule has 1 aliphatic heterocycles. The van der Waals surface area contributed by atoms with Crippen LogP contribution in [0.15, 0.2) is 183 Å². The fraction of sp³-hybridized carbons (Fsp3) is 0.0612. The van der Waals surface area contributed by atoms with Crippen molar-refractivity contribution in [3.63, 3.8) is 0 Å². The fourth-order valence-corrected chi connectivity index (χ4v) is 8.67. The Labute approximate surface area is 304 Å². The number of hydrogen-bond acceptors (Lipinski definition) is 2. The van der Waals surface area contributed by atoms with Crippen LogP contribution in [0.2, 0.25) is 0 Å². The van der Waals surface area contributed by atoms with Crippen LogP contribution in [-0.2, 0) is 0 Å². The minimum atomic E-state index is 0.707. The van der Waals surface area contributed by atoms with Gasteiger partial charge in [-0.15, -0.1) is 11.3 Å². The van der Waals surface area contributed by atoms with Crippen LogP contribution in [0.4, 0.5) is 5.69 Å². The highest BCUT2D eigenvalue weighted by molar-refractivity contribution is 7.26. The summed E-state index contributed by atoms with van der Waals surface area (Å²) in [6.45, 7) is 18.5. The molecule has 2 heterocycles. The minimum Gasteiger partial charge on any atom is -0.337 e. The molecule has 1 aromatic heterocycles. The maximum absolute atomic E-state index is 4.49. The largest absolute Gasteiger partial charge is 0.337 e. The fourth-order valence-electron chi connectivity index (χ4n) is 7.30. The molecule has 6 aromatic carbocycles. The van der Waals surface area contributed by atoms with Gasteiger partial charge in [0.15, 0.2) is 0 Å². The lowest BCUT2D eigenvalue weighted by Gasteiger charge is -2.20. The molecule has 1 nitrogen and oxygen atoms in total. The molecule has 0 saturated heterocycles. The van der Waals surface area contributed by atoms with Gasteiger partial charge in [-0.2, -0.15) is 0 Å². The Hall–Kier alpha value is -5.96. The second kappa shape index (κ2) is 13.4. The average Bonchev–Trinajstić information content (AvgIpc) is 3.74. The Morgan fingerprint density at radius 2 is 1.22 bits per heavy atom. The lowest BCUT2D eigenvalue weighted by molar-refractivity contribution is 1.10. The molecule has 0 bridgehead atoms. The highest BCUT2D eigenvalue weighted by Crippen LogP contribution is 2.45. The number of hydrogen-bond donors (Lipinski definition) is 0. The predicted molar refractivity (Wildman–Crippen MR) is 223 cm³/mol. The van der Waals surface area contributed by atoms with Crippen molar-refractivity contribution < 1.29 is 0 Å². The lowest BCUT2D eigenvalue weighted by Crippen LogP contribution is -2.28. The quantitative estimate of drug-likeness (QED) is 0.152. The number of fused-ring (bicyclic) bond motifs is 4. The van der Waals surface area contributed by atoms with Gasteiger partial charge in [0.25, 0.3) is 0 Å². The molecular weight excluding hydrogens is 635 g/mol. The Kier molecular flexibility index (Phi) is 8.47.